The molecule has 2 N–H and O–H groups in total. The van der Waals surface area contributed by atoms with E-state index >= 15 is 0 Å². The van der Waals surface area contributed by atoms with Crippen LogP contribution < -0.4 is 14.8 Å². The molecule has 252 valence electrons. The normalized spacial score (nSPS) is 16.6. The topological polar surface area (TPSA) is 80.3 Å². The summed E-state index contributed by atoms with van der Waals surface area (Å²) < 4.78 is 18.2. The molecule has 1 aliphatic carbocycles. The number of nitrogens with one attached hydrogen (secondary N) is 1. The molecule has 7 heteroatoms. The maximum atomic E-state index is 12.6. The minimum atomic E-state index is -0.658. The number of amides is 1. The van der Waals surface area contributed by atoms with E-state index in [9.17, 15) is 9.90 Å². The van der Waals surface area contributed by atoms with Crippen molar-refractivity contribution in [3.8, 4) is 11.5 Å². The lowest BCUT2D eigenvalue weighted by Gasteiger charge is -2.28. The summed E-state index contributed by atoms with van der Waals surface area (Å²) in [6, 6.07) is 32.8. The Morgan fingerprint density at radius 2 is 1.58 bits per heavy atom. The van der Waals surface area contributed by atoms with Gasteiger partial charge in [-0.2, -0.15) is 0 Å². The number of ether oxygens (including phenoxy) is 3. The predicted molar refractivity (Wildman–Crippen MR) is 188 cm³/mol. The van der Waals surface area contributed by atoms with Crippen molar-refractivity contribution in [1.82, 2.24) is 10.2 Å². The molecule has 4 aromatic carbocycles. The van der Waals surface area contributed by atoms with Crippen molar-refractivity contribution in [2.75, 3.05) is 32.8 Å². The van der Waals surface area contributed by atoms with E-state index in [0.29, 0.717) is 32.8 Å². The van der Waals surface area contributed by atoms with Crippen LogP contribution in [0, 0.1) is 0 Å². The Labute approximate surface area is 284 Å². The highest BCUT2D eigenvalue weighted by Crippen LogP contribution is 2.28. The smallest absolute Gasteiger partial charge is 0.260 e. The van der Waals surface area contributed by atoms with Gasteiger partial charge in [0.15, 0.2) is 6.61 Å². The first-order chi connectivity index (χ1) is 23.6. The Bertz CT molecular complexity index is 1590. The summed E-state index contributed by atoms with van der Waals surface area (Å²) in [5.74, 6) is 1.62. The standard InChI is InChI=1S/C41H48N2O5/c44-39(27-42-37-17-14-33-15-18-38(26-36(33)25-37)47-30-41(45)43-21-8-3-9-22-43)34-16-19-40(48-29-32-12-6-2-7-13-32)35(24-34)20-23-46-28-31-10-4-1-5-11-31/h1-2,4-7,10-13,15-16,18-19,24,26,37,39,42,44H,3,8-9,14,17,20-23,25,27-30H2/t37-,39+/m0/s1. The molecule has 1 saturated heterocycles. The quantitative estimate of drug-likeness (QED) is 0.142. The summed E-state index contributed by atoms with van der Waals surface area (Å²) in [7, 11) is 0. The summed E-state index contributed by atoms with van der Waals surface area (Å²) in [6.07, 6.45) is 6.20. The average molecular weight is 649 g/mol. The van der Waals surface area contributed by atoms with Crippen LogP contribution in [0.4, 0.5) is 0 Å². The molecule has 4 aromatic rings. The molecule has 0 radical (unpaired) electrons. The number of fused-ring (bicyclic) bond motifs is 1. The molecule has 0 saturated carbocycles. The van der Waals surface area contributed by atoms with Crippen molar-refractivity contribution in [2.24, 2.45) is 0 Å². The lowest BCUT2D eigenvalue weighted by molar-refractivity contribution is -0.134. The first kappa shape index (κ1) is 33.7. The number of likely N-dealkylation sites (tertiary alicyclic amines) is 1. The maximum absolute atomic E-state index is 12.6. The second kappa shape index (κ2) is 17.3. The Morgan fingerprint density at radius 3 is 2.35 bits per heavy atom. The molecular weight excluding hydrogens is 600 g/mol. The average Bonchev–Trinajstić information content (AvgIpc) is 3.15. The Hall–Kier alpha value is -4.17. The number of rotatable bonds is 15. The van der Waals surface area contributed by atoms with Crippen molar-refractivity contribution >= 4 is 5.91 Å². The first-order valence-electron chi connectivity index (χ1n) is 17.5. The van der Waals surface area contributed by atoms with Crippen LogP contribution in [0.25, 0.3) is 0 Å². The number of aryl methyl sites for hydroxylation is 1. The molecule has 0 bridgehead atoms. The number of carbonyl (C=O) groups is 1. The van der Waals surface area contributed by atoms with Crippen molar-refractivity contribution in [2.45, 2.75) is 70.3 Å². The maximum Gasteiger partial charge on any atom is 0.260 e. The number of benzene rings is 4. The van der Waals surface area contributed by atoms with Gasteiger partial charge in [-0.1, -0.05) is 72.8 Å². The van der Waals surface area contributed by atoms with Crippen LogP contribution in [-0.4, -0.2) is 54.8 Å². The van der Waals surface area contributed by atoms with Gasteiger partial charge in [0.2, 0.25) is 0 Å². The number of aliphatic hydroxyl groups is 1. The molecular formula is C41H48N2O5. The van der Waals surface area contributed by atoms with Gasteiger partial charge in [-0.25, -0.2) is 0 Å². The van der Waals surface area contributed by atoms with Crippen LogP contribution >= 0.6 is 0 Å². The molecule has 2 aliphatic rings. The molecule has 48 heavy (non-hydrogen) atoms. The van der Waals surface area contributed by atoms with Crippen molar-refractivity contribution in [3.05, 3.63) is 130 Å². The number of hydrogen-bond acceptors (Lipinski definition) is 6. The van der Waals surface area contributed by atoms with Crippen molar-refractivity contribution in [3.63, 3.8) is 0 Å². The Morgan fingerprint density at radius 1 is 0.833 bits per heavy atom. The lowest BCUT2D eigenvalue weighted by Crippen LogP contribution is -2.38. The third kappa shape index (κ3) is 9.69. The van der Waals surface area contributed by atoms with E-state index in [1.54, 1.807) is 0 Å². The van der Waals surface area contributed by atoms with Crippen LogP contribution in [-0.2, 0) is 42.0 Å². The van der Waals surface area contributed by atoms with Gasteiger partial charge < -0.3 is 29.5 Å². The highest BCUT2D eigenvalue weighted by Gasteiger charge is 2.22. The first-order valence-corrected chi connectivity index (χ1v) is 17.5. The van der Waals surface area contributed by atoms with Gasteiger partial charge in [0.1, 0.15) is 18.1 Å². The van der Waals surface area contributed by atoms with Gasteiger partial charge in [0.05, 0.1) is 19.3 Å². The summed E-state index contributed by atoms with van der Waals surface area (Å²) in [5.41, 5.74) is 6.70. The number of carbonyl (C=O) groups excluding carboxylic acids is 1. The van der Waals surface area contributed by atoms with E-state index in [2.05, 4.69) is 47.8 Å². The summed E-state index contributed by atoms with van der Waals surface area (Å²) >= 11 is 0. The largest absolute Gasteiger partial charge is 0.489 e. The molecule has 1 aliphatic heterocycles. The van der Waals surface area contributed by atoms with Crippen molar-refractivity contribution in [1.29, 1.82) is 0 Å². The van der Waals surface area contributed by atoms with Gasteiger partial charge in [-0.15, -0.1) is 0 Å². The van der Waals surface area contributed by atoms with E-state index in [4.69, 9.17) is 14.2 Å². The number of hydrogen-bond donors (Lipinski definition) is 2. The summed E-state index contributed by atoms with van der Waals surface area (Å²) in [6.45, 7) is 3.80. The zero-order valence-corrected chi connectivity index (χ0v) is 27.8. The Balaban J connectivity index is 1.03. The van der Waals surface area contributed by atoms with Gasteiger partial charge >= 0.3 is 0 Å². The van der Waals surface area contributed by atoms with Crippen LogP contribution in [0.2, 0.25) is 0 Å². The van der Waals surface area contributed by atoms with Crippen molar-refractivity contribution < 1.29 is 24.1 Å². The predicted octanol–water partition coefficient (Wildman–Crippen LogP) is 6.60. The molecule has 1 amide bonds. The fourth-order valence-corrected chi connectivity index (χ4v) is 6.60. The number of nitrogens with zero attached hydrogens (tertiary/aromatic N) is 1. The van der Waals surface area contributed by atoms with E-state index in [-0.39, 0.29) is 18.6 Å². The second-order valence-electron chi connectivity index (χ2n) is 13.0. The van der Waals surface area contributed by atoms with Crippen LogP contribution in [0.15, 0.2) is 97.1 Å². The molecule has 2 atom stereocenters. The van der Waals surface area contributed by atoms with E-state index in [1.165, 1.54) is 17.5 Å². The van der Waals surface area contributed by atoms with Gasteiger partial charge in [-0.05, 0) is 103 Å². The van der Waals surface area contributed by atoms with Crippen LogP contribution in [0.1, 0.15) is 65.2 Å². The second-order valence-corrected chi connectivity index (χ2v) is 13.0. The lowest BCUT2D eigenvalue weighted by atomic mass is 9.88. The van der Waals surface area contributed by atoms with E-state index in [1.807, 2.05) is 59.5 Å². The van der Waals surface area contributed by atoms with Crippen LogP contribution in [0.3, 0.4) is 0 Å². The fraction of sp³-hybridized carbons (Fsp3) is 0.390. The molecule has 1 heterocycles. The zero-order chi connectivity index (χ0) is 33.0. The molecule has 0 spiro atoms. The summed E-state index contributed by atoms with van der Waals surface area (Å²) in [5, 5.41) is 14.9. The number of piperidine rings is 1. The molecule has 1 fully saturated rings. The van der Waals surface area contributed by atoms with E-state index < -0.39 is 6.10 Å². The molecule has 0 unspecified atom stereocenters. The number of aliphatic hydroxyl groups excluding tert-OH is 1. The minimum absolute atomic E-state index is 0.0691. The fourth-order valence-electron chi connectivity index (χ4n) is 6.60. The zero-order valence-electron chi connectivity index (χ0n) is 27.8. The van der Waals surface area contributed by atoms with Gasteiger partial charge in [0, 0.05) is 25.7 Å². The third-order valence-electron chi connectivity index (χ3n) is 9.41. The molecule has 6 rings (SSSR count). The summed E-state index contributed by atoms with van der Waals surface area (Å²) in [4.78, 5) is 14.5. The highest BCUT2D eigenvalue weighted by atomic mass is 16.5. The monoisotopic (exact) mass is 648 g/mol. The van der Waals surface area contributed by atoms with Gasteiger partial charge in [-0.3, -0.25) is 4.79 Å². The highest BCUT2D eigenvalue weighted by molar-refractivity contribution is 5.77. The molecule has 0 aromatic heterocycles. The Kier molecular flexibility index (Phi) is 12.1. The third-order valence-corrected chi connectivity index (χ3v) is 9.41. The van der Waals surface area contributed by atoms with Gasteiger partial charge in [0.25, 0.3) is 5.91 Å². The minimum Gasteiger partial charge on any atom is -0.489 e. The SMILES string of the molecule is O=C(COc1ccc2c(c1)C[C@@H](NC[C@@H](O)c1ccc(OCc3ccccc3)c(CCOCc3ccccc3)c1)CC2)N1CCCCC1. The molecule has 7 nitrogen and oxygen atoms in total. The van der Waals surface area contributed by atoms with Crippen LogP contribution in [0.5, 0.6) is 11.5 Å². The van der Waals surface area contributed by atoms with E-state index in [0.717, 1.165) is 78.9 Å².